The van der Waals surface area contributed by atoms with Crippen LogP contribution in [0.1, 0.15) is 18.9 Å². The van der Waals surface area contributed by atoms with E-state index in [2.05, 4.69) is 4.98 Å². The highest BCUT2D eigenvalue weighted by Crippen LogP contribution is 2.31. The van der Waals surface area contributed by atoms with Crippen molar-refractivity contribution in [3.8, 4) is 0 Å². The first-order chi connectivity index (χ1) is 6.33. The molecule has 0 atom stereocenters. The zero-order valence-corrected chi connectivity index (χ0v) is 7.82. The number of fused-ring (bicyclic) bond motifs is 1. The van der Waals surface area contributed by atoms with Gasteiger partial charge < -0.3 is 9.47 Å². The standard InChI is InChI=1S/C8H8N2O2S/c1-5-11-7(12-5)6-4-10-2-3-13-8(10)9-6/h2-5,7H,1H3. The van der Waals surface area contributed by atoms with Crippen molar-refractivity contribution in [2.75, 3.05) is 0 Å². The maximum atomic E-state index is 5.33. The lowest BCUT2D eigenvalue weighted by atomic mass is 10.4. The first kappa shape index (κ1) is 7.49. The fourth-order valence-electron chi connectivity index (χ4n) is 1.36. The van der Waals surface area contributed by atoms with Crippen molar-refractivity contribution in [1.29, 1.82) is 0 Å². The van der Waals surface area contributed by atoms with Crippen LogP contribution in [0.2, 0.25) is 0 Å². The highest BCUT2D eigenvalue weighted by atomic mass is 32.1. The van der Waals surface area contributed by atoms with Crippen LogP contribution in [0.15, 0.2) is 17.8 Å². The van der Waals surface area contributed by atoms with E-state index < -0.39 is 0 Å². The Bertz CT molecular complexity index is 401. The van der Waals surface area contributed by atoms with Gasteiger partial charge in [0.1, 0.15) is 5.69 Å². The summed E-state index contributed by atoms with van der Waals surface area (Å²) in [5.41, 5.74) is 0.852. The molecular weight excluding hydrogens is 188 g/mol. The van der Waals surface area contributed by atoms with E-state index >= 15 is 0 Å². The summed E-state index contributed by atoms with van der Waals surface area (Å²) in [6.07, 6.45) is 3.55. The second kappa shape index (κ2) is 2.54. The number of hydrogen-bond donors (Lipinski definition) is 0. The van der Waals surface area contributed by atoms with Crippen LogP contribution in [0.4, 0.5) is 0 Å². The van der Waals surface area contributed by atoms with Crippen molar-refractivity contribution in [3.63, 3.8) is 0 Å². The summed E-state index contributed by atoms with van der Waals surface area (Å²) in [5, 5.41) is 2.00. The predicted molar refractivity (Wildman–Crippen MR) is 47.4 cm³/mol. The van der Waals surface area contributed by atoms with Crippen molar-refractivity contribution in [2.24, 2.45) is 0 Å². The molecule has 13 heavy (non-hydrogen) atoms. The molecule has 0 aromatic carbocycles. The molecule has 0 radical (unpaired) electrons. The van der Waals surface area contributed by atoms with Crippen LogP contribution in [0.25, 0.3) is 4.96 Å². The summed E-state index contributed by atoms with van der Waals surface area (Å²) in [6, 6.07) is 0. The Labute approximate surface area is 78.7 Å². The van der Waals surface area contributed by atoms with Gasteiger partial charge in [-0.3, -0.25) is 4.40 Å². The van der Waals surface area contributed by atoms with E-state index in [4.69, 9.17) is 9.47 Å². The third-order valence-corrected chi connectivity index (χ3v) is 2.75. The van der Waals surface area contributed by atoms with Gasteiger partial charge in [0.2, 0.25) is 6.29 Å². The maximum absolute atomic E-state index is 5.33. The van der Waals surface area contributed by atoms with Gasteiger partial charge in [-0.2, -0.15) is 0 Å². The summed E-state index contributed by atoms with van der Waals surface area (Å²) < 4.78 is 12.6. The van der Waals surface area contributed by atoms with Crippen molar-refractivity contribution in [3.05, 3.63) is 23.5 Å². The Kier molecular flexibility index (Phi) is 1.46. The molecule has 0 aliphatic carbocycles. The normalized spacial score (nSPS) is 27.8. The minimum Gasteiger partial charge on any atom is -0.318 e. The van der Waals surface area contributed by atoms with Crippen LogP contribution in [0, 0.1) is 0 Å². The molecule has 0 spiro atoms. The van der Waals surface area contributed by atoms with Crippen LogP contribution < -0.4 is 0 Å². The largest absolute Gasteiger partial charge is 0.318 e. The summed E-state index contributed by atoms with van der Waals surface area (Å²) in [7, 11) is 0. The Hall–Kier alpha value is -0.910. The second-order valence-corrected chi connectivity index (χ2v) is 3.80. The molecule has 0 bridgehead atoms. The average Bonchev–Trinajstić information content (AvgIpc) is 2.55. The lowest BCUT2D eigenvalue weighted by Gasteiger charge is -2.32. The smallest absolute Gasteiger partial charge is 0.208 e. The van der Waals surface area contributed by atoms with Crippen LogP contribution in [0.5, 0.6) is 0 Å². The van der Waals surface area contributed by atoms with Gasteiger partial charge in [0.25, 0.3) is 0 Å². The lowest BCUT2D eigenvalue weighted by molar-refractivity contribution is -0.383. The van der Waals surface area contributed by atoms with E-state index in [-0.39, 0.29) is 12.6 Å². The van der Waals surface area contributed by atoms with E-state index in [9.17, 15) is 0 Å². The summed E-state index contributed by atoms with van der Waals surface area (Å²) in [4.78, 5) is 5.33. The summed E-state index contributed by atoms with van der Waals surface area (Å²) in [5.74, 6) is 0. The van der Waals surface area contributed by atoms with E-state index in [1.165, 1.54) is 0 Å². The van der Waals surface area contributed by atoms with Gasteiger partial charge in [-0.1, -0.05) is 0 Å². The number of hydrogen-bond acceptors (Lipinski definition) is 4. The maximum Gasteiger partial charge on any atom is 0.208 e. The van der Waals surface area contributed by atoms with Crippen molar-refractivity contribution in [2.45, 2.75) is 19.5 Å². The molecule has 3 rings (SSSR count). The molecule has 0 saturated carbocycles. The first-order valence-electron chi connectivity index (χ1n) is 4.06. The van der Waals surface area contributed by atoms with Gasteiger partial charge in [0.15, 0.2) is 11.3 Å². The molecule has 2 aromatic rings. The summed E-state index contributed by atoms with van der Waals surface area (Å²) >= 11 is 1.60. The minimum absolute atomic E-state index is 0.0928. The van der Waals surface area contributed by atoms with Crippen LogP contribution in [-0.2, 0) is 9.47 Å². The third-order valence-electron chi connectivity index (χ3n) is 1.98. The Balaban J connectivity index is 1.95. The first-order valence-corrected chi connectivity index (χ1v) is 4.94. The molecule has 1 fully saturated rings. The Morgan fingerprint density at radius 3 is 3.08 bits per heavy atom. The van der Waals surface area contributed by atoms with E-state index in [0.717, 1.165) is 10.7 Å². The zero-order valence-electron chi connectivity index (χ0n) is 7.01. The topological polar surface area (TPSA) is 35.8 Å². The molecular formula is C8H8N2O2S. The summed E-state index contributed by atoms with van der Waals surface area (Å²) in [6.45, 7) is 1.87. The molecule has 0 unspecified atom stereocenters. The van der Waals surface area contributed by atoms with E-state index in [0.29, 0.717) is 0 Å². The van der Waals surface area contributed by atoms with Crippen LogP contribution >= 0.6 is 11.3 Å². The lowest BCUT2D eigenvalue weighted by Crippen LogP contribution is -2.31. The molecule has 1 aliphatic heterocycles. The van der Waals surface area contributed by atoms with E-state index in [1.807, 2.05) is 29.1 Å². The number of aromatic nitrogens is 2. The van der Waals surface area contributed by atoms with Gasteiger partial charge >= 0.3 is 0 Å². The molecule has 4 nitrogen and oxygen atoms in total. The minimum atomic E-state index is -0.262. The van der Waals surface area contributed by atoms with Gasteiger partial charge in [-0.15, -0.1) is 11.3 Å². The quantitative estimate of drug-likeness (QED) is 0.697. The van der Waals surface area contributed by atoms with Gasteiger partial charge in [-0.25, -0.2) is 4.98 Å². The van der Waals surface area contributed by atoms with Gasteiger partial charge in [-0.05, 0) is 6.92 Å². The molecule has 5 heteroatoms. The highest BCUT2D eigenvalue weighted by molar-refractivity contribution is 7.15. The molecule has 68 valence electrons. The van der Waals surface area contributed by atoms with Gasteiger partial charge in [0, 0.05) is 17.8 Å². The van der Waals surface area contributed by atoms with E-state index in [1.54, 1.807) is 11.3 Å². The number of nitrogens with zero attached hydrogens (tertiary/aromatic N) is 2. The molecule has 0 amide bonds. The Morgan fingerprint density at radius 1 is 1.54 bits per heavy atom. The fourth-order valence-corrected chi connectivity index (χ4v) is 2.06. The van der Waals surface area contributed by atoms with Crippen LogP contribution in [-0.4, -0.2) is 15.7 Å². The third kappa shape index (κ3) is 1.08. The fraction of sp³-hybridized carbons (Fsp3) is 0.375. The predicted octanol–water partition coefficient (Wildman–Crippen LogP) is 1.79. The number of imidazole rings is 1. The second-order valence-electron chi connectivity index (χ2n) is 2.93. The molecule has 1 saturated heterocycles. The molecule has 0 N–H and O–H groups in total. The number of ether oxygens (including phenoxy) is 2. The number of rotatable bonds is 1. The SMILES string of the molecule is CC1OC(c2cn3ccsc3n2)O1. The highest BCUT2D eigenvalue weighted by Gasteiger charge is 2.30. The Morgan fingerprint density at radius 2 is 2.38 bits per heavy atom. The van der Waals surface area contributed by atoms with Crippen molar-refractivity contribution >= 4 is 16.3 Å². The zero-order chi connectivity index (χ0) is 8.84. The molecule has 2 aromatic heterocycles. The molecule has 3 heterocycles. The van der Waals surface area contributed by atoms with Gasteiger partial charge in [0.05, 0.1) is 0 Å². The van der Waals surface area contributed by atoms with Crippen LogP contribution in [0.3, 0.4) is 0 Å². The molecule has 1 aliphatic rings. The van der Waals surface area contributed by atoms with Crippen molar-refractivity contribution < 1.29 is 9.47 Å². The average molecular weight is 196 g/mol. The van der Waals surface area contributed by atoms with Crippen molar-refractivity contribution in [1.82, 2.24) is 9.38 Å². The number of thiazole rings is 1. The monoisotopic (exact) mass is 196 g/mol.